The summed E-state index contributed by atoms with van der Waals surface area (Å²) in [6.07, 6.45) is -2.01. The number of amides is 2. The van der Waals surface area contributed by atoms with Gasteiger partial charge in [-0.2, -0.15) is 13.2 Å². The number of aromatic nitrogens is 1. The highest BCUT2D eigenvalue weighted by atomic mass is 19.4. The van der Waals surface area contributed by atoms with Crippen LogP contribution >= 0.6 is 0 Å². The monoisotopic (exact) mass is 551 g/mol. The molecule has 0 aliphatic heterocycles. The van der Waals surface area contributed by atoms with Gasteiger partial charge in [-0.1, -0.05) is 36.4 Å². The van der Waals surface area contributed by atoms with Gasteiger partial charge in [0.1, 0.15) is 12.3 Å². The second-order valence-electron chi connectivity index (χ2n) is 9.88. The number of nitrogens with one attached hydrogen (secondary N) is 1. The van der Waals surface area contributed by atoms with Crippen molar-refractivity contribution < 1.29 is 27.5 Å². The van der Waals surface area contributed by atoms with Gasteiger partial charge in [0.15, 0.2) is 0 Å². The molecule has 0 fully saturated rings. The van der Waals surface area contributed by atoms with Gasteiger partial charge in [0.2, 0.25) is 5.91 Å². The molecule has 1 N–H and O–H groups in total. The van der Waals surface area contributed by atoms with Gasteiger partial charge in [-0.15, -0.1) is 0 Å². The highest BCUT2D eigenvalue weighted by molar-refractivity contribution is 5.97. The number of alkyl halides is 3. The zero-order valence-corrected chi connectivity index (χ0v) is 22.7. The molecule has 6 nitrogen and oxygen atoms in total. The zero-order valence-electron chi connectivity index (χ0n) is 22.7. The molecule has 0 saturated carbocycles. The second kappa shape index (κ2) is 12.3. The predicted molar refractivity (Wildman–Crippen MR) is 148 cm³/mol. The summed E-state index contributed by atoms with van der Waals surface area (Å²) in [7, 11) is 1.51. The van der Waals surface area contributed by atoms with Crippen LogP contribution in [0, 0.1) is 0 Å². The minimum absolute atomic E-state index is 0.110. The summed E-state index contributed by atoms with van der Waals surface area (Å²) in [5.41, 5.74) is 2.22. The Morgan fingerprint density at radius 1 is 0.975 bits per heavy atom. The van der Waals surface area contributed by atoms with Crippen LogP contribution in [0.5, 0.6) is 5.75 Å². The zero-order chi connectivity index (χ0) is 28.9. The molecular weight excluding hydrogens is 519 g/mol. The van der Waals surface area contributed by atoms with E-state index in [1.807, 2.05) is 44.3 Å². The van der Waals surface area contributed by atoms with Crippen LogP contribution in [0.25, 0.3) is 10.9 Å². The van der Waals surface area contributed by atoms with E-state index in [-0.39, 0.29) is 30.9 Å². The van der Waals surface area contributed by atoms with Crippen LogP contribution in [-0.4, -0.2) is 52.8 Å². The Bertz CT molecular complexity index is 1460. The molecule has 0 unspecified atom stereocenters. The first-order valence-electron chi connectivity index (χ1n) is 13.0. The number of benzene rings is 3. The molecule has 0 atom stereocenters. The maximum atomic E-state index is 13.7. The van der Waals surface area contributed by atoms with Gasteiger partial charge in [-0.3, -0.25) is 9.59 Å². The summed E-state index contributed by atoms with van der Waals surface area (Å²) in [5, 5.41) is 1.04. The summed E-state index contributed by atoms with van der Waals surface area (Å²) in [5.74, 6) is -0.0819. The highest BCUT2D eigenvalue weighted by Crippen LogP contribution is 2.29. The number of para-hydroxylation sites is 1. The van der Waals surface area contributed by atoms with Crippen LogP contribution in [-0.2, 0) is 23.9 Å². The summed E-state index contributed by atoms with van der Waals surface area (Å²) in [6.45, 7) is 3.91. The van der Waals surface area contributed by atoms with Gasteiger partial charge < -0.3 is 19.5 Å². The molecule has 0 bridgehead atoms. The first-order valence-corrected chi connectivity index (χ1v) is 13.0. The van der Waals surface area contributed by atoms with E-state index in [4.69, 9.17) is 4.74 Å². The Labute approximate surface area is 231 Å². The van der Waals surface area contributed by atoms with Crippen molar-refractivity contribution in [1.82, 2.24) is 14.8 Å². The topological polar surface area (TPSA) is 65.6 Å². The first kappa shape index (κ1) is 28.7. The standard InChI is InChI=1S/C31H32F3N3O3/c1-21(2)37(30(39)23-7-6-8-26(17-23)40-3)20-29(38)36(19-22-11-13-25(14-12-22)31(32,33)34)16-15-24-18-35-28-10-5-4-9-27(24)28/h4-14,17-18,21,35H,15-16,19-20H2,1-3H3. The third kappa shape index (κ3) is 6.83. The summed E-state index contributed by atoms with van der Waals surface area (Å²) < 4.78 is 44.5. The molecule has 4 aromatic rings. The van der Waals surface area contributed by atoms with Crippen molar-refractivity contribution in [3.05, 3.63) is 101 Å². The Morgan fingerprint density at radius 2 is 1.70 bits per heavy atom. The van der Waals surface area contributed by atoms with Crippen molar-refractivity contribution in [2.75, 3.05) is 20.2 Å². The first-order chi connectivity index (χ1) is 19.1. The maximum Gasteiger partial charge on any atom is 0.416 e. The molecule has 0 spiro atoms. The van der Waals surface area contributed by atoms with Crippen LogP contribution in [0.2, 0.25) is 0 Å². The second-order valence-corrected chi connectivity index (χ2v) is 9.88. The SMILES string of the molecule is COc1cccc(C(=O)N(CC(=O)N(CCc2c[nH]c3ccccc23)Cc2ccc(C(F)(F)F)cc2)C(C)C)c1. The number of H-pyrrole nitrogens is 1. The molecule has 1 aromatic heterocycles. The van der Waals surface area contributed by atoms with Crippen LogP contribution in [0.3, 0.4) is 0 Å². The quantitative estimate of drug-likeness (QED) is 0.251. The number of nitrogens with zero attached hydrogens (tertiary/aromatic N) is 2. The van der Waals surface area contributed by atoms with Gasteiger partial charge in [0.25, 0.3) is 5.91 Å². The number of hydrogen-bond acceptors (Lipinski definition) is 3. The average molecular weight is 552 g/mol. The number of rotatable bonds is 10. The fourth-order valence-corrected chi connectivity index (χ4v) is 4.56. The van der Waals surface area contributed by atoms with Crippen LogP contribution in [0.4, 0.5) is 13.2 Å². The normalized spacial score (nSPS) is 11.6. The van der Waals surface area contributed by atoms with Gasteiger partial charge in [-0.05, 0) is 67.8 Å². The third-order valence-electron chi connectivity index (χ3n) is 6.84. The van der Waals surface area contributed by atoms with E-state index in [2.05, 4.69) is 4.98 Å². The summed E-state index contributed by atoms with van der Waals surface area (Å²) in [6, 6.07) is 19.1. The van der Waals surface area contributed by atoms with E-state index in [1.165, 1.54) is 24.1 Å². The Kier molecular flexibility index (Phi) is 8.82. The number of fused-ring (bicyclic) bond motifs is 1. The fourth-order valence-electron chi connectivity index (χ4n) is 4.56. The van der Waals surface area contributed by atoms with Gasteiger partial charge >= 0.3 is 6.18 Å². The maximum absolute atomic E-state index is 13.7. The molecule has 0 aliphatic carbocycles. The molecular formula is C31H32F3N3O3. The van der Waals surface area contributed by atoms with Gasteiger partial charge in [0.05, 0.1) is 12.7 Å². The molecule has 2 amide bonds. The van der Waals surface area contributed by atoms with Crippen LogP contribution < -0.4 is 4.74 Å². The van der Waals surface area contributed by atoms with Gasteiger partial charge in [-0.25, -0.2) is 0 Å². The lowest BCUT2D eigenvalue weighted by Crippen LogP contribution is -2.46. The smallest absolute Gasteiger partial charge is 0.416 e. The number of carbonyl (C=O) groups is 2. The van der Waals surface area contributed by atoms with Crippen molar-refractivity contribution in [3.63, 3.8) is 0 Å². The Balaban J connectivity index is 1.57. The Morgan fingerprint density at radius 3 is 2.38 bits per heavy atom. The summed E-state index contributed by atoms with van der Waals surface area (Å²) >= 11 is 0. The molecule has 3 aromatic carbocycles. The number of halogens is 3. The van der Waals surface area contributed by atoms with Crippen molar-refractivity contribution in [2.45, 2.75) is 39.0 Å². The number of carbonyl (C=O) groups excluding carboxylic acids is 2. The van der Waals surface area contributed by atoms with Crippen molar-refractivity contribution in [1.29, 1.82) is 0 Å². The van der Waals surface area contributed by atoms with Gasteiger partial charge in [0, 0.05) is 41.8 Å². The molecule has 40 heavy (non-hydrogen) atoms. The number of methoxy groups -OCH3 is 1. The molecule has 1 heterocycles. The van der Waals surface area contributed by atoms with Crippen molar-refractivity contribution in [3.8, 4) is 5.75 Å². The lowest BCUT2D eigenvalue weighted by Gasteiger charge is -2.30. The van der Waals surface area contributed by atoms with Crippen molar-refractivity contribution >= 4 is 22.7 Å². The molecule has 210 valence electrons. The summed E-state index contributed by atoms with van der Waals surface area (Å²) in [4.78, 5) is 33.4. The fraction of sp³-hybridized carbons (Fsp3) is 0.290. The molecule has 9 heteroatoms. The minimum atomic E-state index is -4.44. The lowest BCUT2D eigenvalue weighted by molar-refractivity contribution is -0.137. The number of ether oxygens (including phenoxy) is 1. The Hall–Kier alpha value is -4.27. The van der Waals surface area contributed by atoms with Crippen LogP contribution in [0.15, 0.2) is 79.0 Å². The van der Waals surface area contributed by atoms with E-state index in [0.29, 0.717) is 29.8 Å². The minimum Gasteiger partial charge on any atom is -0.497 e. The van der Waals surface area contributed by atoms with E-state index in [1.54, 1.807) is 29.2 Å². The third-order valence-corrected chi connectivity index (χ3v) is 6.84. The van der Waals surface area contributed by atoms with E-state index in [0.717, 1.165) is 28.6 Å². The largest absolute Gasteiger partial charge is 0.497 e. The van der Waals surface area contributed by atoms with E-state index >= 15 is 0 Å². The van der Waals surface area contributed by atoms with Crippen LogP contribution in [0.1, 0.15) is 40.9 Å². The predicted octanol–water partition coefficient (Wildman–Crippen LogP) is 6.32. The molecule has 0 saturated heterocycles. The molecule has 0 aliphatic rings. The lowest BCUT2D eigenvalue weighted by atomic mass is 10.1. The van der Waals surface area contributed by atoms with E-state index in [9.17, 15) is 22.8 Å². The molecule has 4 rings (SSSR count). The number of aromatic amines is 1. The molecule has 0 radical (unpaired) electrons. The van der Waals surface area contributed by atoms with Crippen molar-refractivity contribution in [2.24, 2.45) is 0 Å². The van der Waals surface area contributed by atoms with E-state index < -0.39 is 11.7 Å². The number of hydrogen-bond donors (Lipinski definition) is 1. The average Bonchev–Trinajstić information content (AvgIpc) is 3.36. The highest BCUT2D eigenvalue weighted by Gasteiger charge is 2.30.